The molecular weight excluding hydrogens is 438 g/mol. The van der Waals surface area contributed by atoms with E-state index in [4.69, 9.17) is 4.42 Å². The highest BCUT2D eigenvalue weighted by atomic mass is 32.2. The molecule has 0 atom stereocenters. The number of anilines is 1. The maximum atomic E-state index is 13.4. The smallest absolute Gasteiger partial charge is 0.319 e. The number of hydrogen-bond donors (Lipinski definition) is 2. The molecule has 0 spiro atoms. The summed E-state index contributed by atoms with van der Waals surface area (Å²) in [6.45, 7) is 0.327. The molecule has 2 N–H and O–H groups in total. The number of furan rings is 1. The standard InChI is InChI=1S/C25H19N3O4S/c29-25(27-16-17-5-4-14-26-15-17)28-18-10-12-19(13-11-18)33(30,31)23-9-3-7-21-20-6-1-2-8-22(20)32-24(21)23/h1-15H,16H2,(H2,27,28,29). The number of carbonyl (C=O) groups excluding carboxylic acids is 1. The van der Waals surface area contributed by atoms with E-state index in [1.165, 1.54) is 18.2 Å². The number of carbonyl (C=O) groups is 1. The zero-order valence-electron chi connectivity index (χ0n) is 17.4. The first-order valence-electron chi connectivity index (χ1n) is 10.2. The Morgan fingerprint density at radius 1 is 0.879 bits per heavy atom. The Balaban J connectivity index is 1.37. The first-order chi connectivity index (χ1) is 16.0. The topological polar surface area (TPSA) is 101 Å². The molecule has 7 nitrogen and oxygen atoms in total. The van der Waals surface area contributed by atoms with Crippen LogP contribution in [-0.2, 0) is 16.4 Å². The van der Waals surface area contributed by atoms with Crippen LogP contribution in [0.15, 0.2) is 105 Å². The van der Waals surface area contributed by atoms with E-state index in [1.54, 1.807) is 36.7 Å². The molecule has 0 bridgehead atoms. The molecule has 5 aromatic rings. The quantitative estimate of drug-likeness (QED) is 0.381. The van der Waals surface area contributed by atoms with Crippen molar-refractivity contribution in [3.63, 3.8) is 0 Å². The molecule has 0 saturated heterocycles. The number of aromatic nitrogens is 1. The van der Waals surface area contributed by atoms with Gasteiger partial charge in [-0.25, -0.2) is 13.2 Å². The zero-order valence-corrected chi connectivity index (χ0v) is 18.2. The number of para-hydroxylation sites is 2. The van der Waals surface area contributed by atoms with Gasteiger partial charge < -0.3 is 15.1 Å². The third kappa shape index (κ3) is 4.04. The highest BCUT2D eigenvalue weighted by molar-refractivity contribution is 7.91. The van der Waals surface area contributed by atoms with Crippen LogP contribution in [-0.4, -0.2) is 19.4 Å². The summed E-state index contributed by atoms with van der Waals surface area (Å²) in [6.07, 6.45) is 3.33. The molecule has 2 amide bonds. The van der Waals surface area contributed by atoms with E-state index < -0.39 is 15.9 Å². The average Bonchev–Trinajstić information content (AvgIpc) is 3.22. The molecule has 0 unspecified atom stereocenters. The van der Waals surface area contributed by atoms with Crippen LogP contribution in [0, 0.1) is 0 Å². The van der Waals surface area contributed by atoms with Gasteiger partial charge in [0.1, 0.15) is 10.5 Å². The van der Waals surface area contributed by atoms with Crippen LogP contribution < -0.4 is 10.6 Å². The number of rotatable bonds is 5. The van der Waals surface area contributed by atoms with E-state index in [9.17, 15) is 13.2 Å². The number of pyridine rings is 1. The lowest BCUT2D eigenvalue weighted by atomic mass is 10.1. The summed E-state index contributed by atoms with van der Waals surface area (Å²) in [4.78, 5) is 16.4. The molecule has 0 aliphatic heterocycles. The SMILES string of the molecule is O=C(NCc1cccnc1)Nc1ccc(S(=O)(=O)c2cccc3c2oc2ccccc23)cc1. The monoisotopic (exact) mass is 457 g/mol. The summed E-state index contributed by atoms with van der Waals surface area (Å²) < 4.78 is 32.6. The number of nitrogens with one attached hydrogen (secondary N) is 2. The molecule has 0 aliphatic carbocycles. The third-order valence-electron chi connectivity index (χ3n) is 5.26. The fourth-order valence-electron chi connectivity index (χ4n) is 3.64. The van der Waals surface area contributed by atoms with E-state index in [0.717, 1.165) is 16.3 Å². The van der Waals surface area contributed by atoms with Gasteiger partial charge in [0.2, 0.25) is 9.84 Å². The molecule has 33 heavy (non-hydrogen) atoms. The van der Waals surface area contributed by atoms with Gasteiger partial charge in [0, 0.05) is 35.4 Å². The normalized spacial score (nSPS) is 11.5. The second kappa shape index (κ2) is 8.40. The van der Waals surface area contributed by atoms with E-state index in [-0.39, 0.29) is 9.79 Å². The van der Waals surface area contributed by atoms with Gasteiger partial charge in [-0.05, 0) is 48.0 Å². The van der Waals surface area contributed by atoms with Gasteiger partial charge in [0.15, 0.2) is 5.58 Å². The Bertz CT molecular complexity index is 1560. The molecule has 2 heterocycles. The molecular formula is C25H19N3O4S. The molecule has 2 aromatic heterocycles. The maximum absolute atomic E-state index is 13.4. The Kier molecular flexibility index (Phi) is 5.27. The number of benzene rings is 3. The van der Waals surface area contributed by atoms with E-state index in [1.807, 2.05) is 36.4 Å². The van der Waals surface area contributed by atoms with Crippen LogP contribution >= 0.6 is 0 Å². The summed E-state index contributed by atoms with van der Waals surface area (Å²) in [6, 6.07) is 21.8. The number of amides is 2. The average molecular weight is 458 g/mol. The van der Waals surface area contributed by atoms with E-state index in [0.29, 0.717) is 23.4 Å². The Hall–Kier alpha value is -4.17. The summed E-state index contributed by atoms with van der Waals surface area (Å²) in [7, 11) is -3.83. The molecule has 0 saturated carbocycles. The van der Waals surface area contributed by atoms with Gasteiger partial charge in [0.25, 0.3) is 0 Å². The Labute approximate surface area is 190 Å². The van der Waals surface area contributed by atoms with Gasteiger partial charge in [-0.15, -0.1) is 0 Å². The van der Waals surface area contributed by atoms with Crippen molar-refractivity contribution in [2.24, 2.45) is 0 Å². The predicted molar refractivity (Wildman–Crippen MR) is 126 cm³/mol. The summed E-state index contributed by atoms with van der Waals surface area (Å²) in [5, 5.41) is 7.03. The van der Waals surface area contributed by atoms with Crippen molar-refractivity contribution < 1.29 is 17.6 Å². The molecule has 0 fully saturated rings. The largest absolute Gasteiger partial charge is 0.455 e. The number of hydrogen-bond acceptors (Lipinski definition) is 5. The minimum Gasteiger partial charge on any atom is -0.455 e. The highest BCUT2D eigenvalue weighted by Gasteiger charge is 2.23. The van der Waals surface area contributed by atoms with E-state index >= 15 is 0 Å². The molecule has 5 rings (SSSR count). The lowest BCUT2D eigenvalue weighted by molar-refractivity contribution is 0.251. The Morgan fingerprint density at radius 3 is 2.45 bits per heavy atom. The second-order valence-corrected chi connectivity index (χ2v) is 9.35. The fraction of sp³-hybridized carbons (Fsp3) is 0.0400. The second-order valence-electron chi connectivity index (χ2n) is 7.43. The highest BCUT2D eigenvalue weighted by Crippen LogP contribution is 2.35. The minimum atomic E-state index is -3.83. The van der Waals surface area contributed by atoms with E-state index in [2.05, 4.69) is 15.6 Å². The van der Waals surface area contributed by atoms with Crippen molar-refractivity contribution in [3.8, 4) is 0 Å². The van der Waals surface area contributed by atoms with Crippen LogP contribution in [0.3, 0.4) is 0 Å². The van der Waals surface area contributed by atoms with Crippen LogP contribution in [0.4, 0.5) is 10.5 Å². The van der Waals surface area contributed by atoms with Gasteiger partial charge >= 0.3 is 6.03 Å². The molecule has 0 radical (unpaired) electrons. The molecule has 164 valence electrons. The Morgan fingerprint density at radius 2 is 1.67 bits per heavy atom. The molecule has 0 aliphatic rings. The van der Waals surface area contributed by atoms with Crippen LogP contribution in [0.5, 0.6) is 0 Å². The number of sulfone groups is 1. The summed E-state index contributed by atoms with van der Waals surface area (Å²) in [5.41, 5.74) is 2.30. The van der Waals surface area contributed by atoms with Crippen LogP contribution in [0.1, 0.15) is 5.56 Å². The third-order valence-corrected chi connectivity index (χ3v) is 7.05. The van der Waals surface area contributed by atoms with Crippen molar-refractivity contribution in [2.75, 3.05) is 5.32 Å². The van der Waals surface area contributed by atoms with Crippen molar-refractivity contribution in [1.82, 2.24) is 10.3 Å². The molecule has 8 heteroatoms. The van der Waals surface area contributed by atoms with Crippen LogP contribution in [0.2, 0.25) is 0 Å². The molecule has 3 aromatic carbocycles. The number of urea groups is 1. The fourth-order valence-corrected chi connectivity index (χ4v) is 5.04. The van der Waals surface area contributed by atoms with Crippen molar-refractivity contribution in [2.45, 2.75) is 16.3 Å². The lowest BCUT2D eigenvalue weighted by Crippen LogP contribution is -2.28. The van der Waals surface area contributed by atoms with Gasteiger partial charge in [-0.1, -0.05) is 36.4 Å². The van der Waals surface area contributed by atoms with Crippen molar-refractivity contribution in [1.29, 1.82) is 0 Å². The first kappa shape index (κ1) is 20.7. The first-order valence-corrected chi connectivity index (χ1v) is 11.7. The maximum Gasteiger partial charge on any atom is 0.319 e. The van der Waals surface area contributed by atoms with Gasteiger partial charge in [-0.2, -0.15) is 0 Å². The summed E-state index contributed by atoms with van der Waals surface area (Å²) in [5.74, 6) is 0. The van der Waals surface area contributed by atoms with Gasteiger partial charge in [0.05, 0.1) is 4.90 Å². The minimum absolute atomic E-state index is 0.103. The van der Waals surface area contributed by atoms with Crippen LogP contribution in [0.25, 0.3) is 21.9 Å². The van der Waals surface area contributed by atoms with Crippen molar-refractivity contribution >= 4 is 43.5 Å². The zero-order chi connectivity index (χ0) is 22.8. The number of fused-ring (bicyclic) bond motifs is 3. The predicted octanol–water partition coefficient (Wildman–Crippen LogP) is 5.14. The number of nitrogens with zero attached hydrogens (tertiary/aromatic N) is 1. The van der Waals surface area contributed by atoms with Crippen molar-refractivity contribution in [3.05, 3.63) is 96.8 Å². The lowest BCUT2D eigenvalue weighted by Gasteiger charge is -2.09. The summed E-state index contributed by atoms with van der Waals surface area (Å²) >= 11 is 0. The van der Waals surface area contributed by atoms with Gasteiger partial charge in [-0.3, -0.25) is 4.98 Å².